The van der Waals surface area contributed by atoms with Crippen molar-refractivity contribution in [3.05, 3.63) is 88.4 Å². The number of hydrogen-bond acceptors (Lipinski definition) is 8. The highest BCUT2D eigenvalue weighted by Gasteiger charge is 2.41. The first kappa shape index (κ1) is 34.2. The summed E-state index contributed by atoms with van der Waals surface area (Å²) < 4.78 is 63.2. The summed E-state index contributed by atoms with van der Waals surface area (Å²) in [4.78, 5) is 39.7. The minimum absolute atomic E-state index is 0.0659. The normalized spacial score (nSPS) is 14.5. The van der Waals surface area contributed by atoms with Gasteiger partial charge in [0, 0.05) is 48.6 Å². The zero-order valence-electron chi connectivity index (χ0n) is 26.4. The third-order valence-electron chi connectivity index (χ3n) is 7.79. The van der Waals surface area contributed by atoms with E-state index in [4.69, 9.17) is 10.5 Å². The van der Waals surface area contributed by atoms with Crippen LogP contribution in [0.5, 0.6) is 5.75 Å². The van der Waals surface area contributed by atoms with Gasteiger partial charge >= 0.3 is 5.97 Å². The van der Waals surface area contributed by atoms with Gasteiger partial charge in [-0.3, -0.25) is 14.7 Å². The van der Waals surface area contributed by atoms with Gasteiger partial charge in [-0.1, -0.05) is 13.8 Å². The number of nitrogens with zero attached hydrogens (tertiary/aromatic N) is 4. The van der Waals surface area contributed by atoms with Crippen molar-refractivity contribution >= 4 is 33.6 Å². The number of sulfonamides is 1. The average Bonchev–Trinajstić information content (AvgIpc) is 3.64. The molecular formula is C31H33F2N7O7S. The monoisotopic (exact) mass is 685 g/mol. The van der Waals surface area contributed by atoms with Gasteiger partial charge in [0.2, 0.25) is 15.9 Å². The number of carboxylic acids is 1. The summed E-state index contributed by atoms with van der Waals surface area (Å²) in [6.45, 7) is 3.70. The van der Waals surface area contributed by atoms with Crippen LogP contribution in [0, 0.1) is 11.6 Å². The SMILES string of the molecule is CN(C)CCOc1cc(C(N)=O)c(C(=O)Nc2n[nH]c3c2CN(S(=O)(=O)c2cc(F)cc(F)c2)CC3(C)C)cc1-n1cccc1C(=O)O. The molecule has 0 unspecified atom stereocenters. The van der Waals surface area contributed by atoms with E-state index in [2.05, 4.69) is 15.5 Å². The number of ether oxygens (including phenoxy) is 1. The summed E-state index contributed by atoms with van der Waals surface area (Å²) >= 11 is 0. The molecule has 14 nitrogen and oxygen atoms in total. The number of anilines is 1. The summed E-state index contributed by atoms with van der Waals surface area (Å²) in [6, 6.07) is 7.36. The lowest BCUT2D eigenvalue weighted by Crippen LogP contribution is -2.45. The Bertz CT molecular complexity index is 2020. The van der Waals surface area contributed by atoms with Crippen molar-refractivity contribution in [2.24, 2.45) is 5.73 Å². The van der Waals surface area contributed by atoms with Crippen LogP contribution in [-0.2, 0) is 22.0 Å². The van der Waals surface area contributed by atoms with Crippen molar-refractivity contribution in [2.45, 2.75) is 30.7 Å². The minimum atomic E-state index is -4.40. The molecule has 5 rings (SSSR count). The number of likely N-dealkylation sites (N-methyl/N-ethyl adjacent to an activating group) is 1. The molecule has 0 saturated carbocycles. The fraction of sp³-hybridized carbons (Fsp3) is 0.290. The van der Waals surface area contributed by atoms with Gasteiger partial charge in [0.15, 0.2) is 5.82 Å². The zero-order valence-corrected chi connectivity index (χ0v) is 27.2. The number of aromatic carboxylic acids is 1. The molecule has 0 aliphatic carbocycles. The number of carbonyl (C=O) groups is 3. The molecule has 2 aromatic carbocycles. The van der Waals surface area contributed by atoms with Gasteiger partial charge in [-0.2, -0.15) is 9.40 Å². The molecule has 0 spiro atoms. The number of hydrogen-bond donors (Lipinski definition) is 4. The second kappa shape index (κ2) is 12.8. The molecule has 17 heteroatoms. The number of nitrogens with one attached hydrogen (secondary N) is 2. The Labute approximate surface area is 274 Å². The van der Waals surface area contributed by atoms with Crippen LogP contribution in [0.4, 0.5) is 14.6 Å². The maximum absolute atomic E-state index is 14.0. The van der Waals surface area contributed by atoms with Gasteiger partial charge in [-0.25, -0.2) is 22.0 Å². The highest BCUT2D eigenvalue weighted by Crippen LogP contribution is 2.38. The number of nitrogens with two attached hydrogens (primary N) is 1. The lowest BCUT2D eigenvalue weighted by Gasteiger charge is -2.36. The Morgan fingerprint density at radius 3 is 2.44 bits per heavy atom. The quantitative estimate of drug-likeness (QED) is 0.184. The first-order valence-electron chi connectivity index (χ1n) is 14.5. The number of aromatic nitrogens is 3. The van der Waals surface area contributed by atoms with Crippen molar-refractivity contribution in [3.8, 4) is 11.4 Å². The van der Waals surface area contributed by atoms with Crippen LogP contribution in [0.15, 0.2) is 53.6 Å². The van der Waals surface area contributed by atoms with Crippen molar-refractivity contribution in [1.82, 2.24) is 24.0 Å². The van der Waals surface area contributed by atoms with Crippen LogP contribution in [-0.4, -0.2) is 89.1 Å². The first-order valence-corrected chi connectivity index (χ1v) is 16.0. The number of primary amides is 1. The Kier molecular flexibility index (Phi) is 9.13. The molecule has 5 N–H and O–H groups in total. The second-order valence-electron chi connectivity index (χ2n) is 12.1. The van der Waals surface area contributed by atoms with Crippen molar-refractivity contribution in [1.29, 1.82) is 0 Å². The van der Waals surface area contributed by atoms with Gasteiger partial charge in [-0.15, -0.1) is 0 Å². The van der Waals surface area contributed by atoms with E-state index in [9.17, 15) is 36.7 Å². The second-order valence-corrected chi connectivity index (χ2v) is 14.0. The standard InChI is InChI=1S/C31H33F2N7O7S/c1-31(2)16-39(48(45,46)19-11-17(32)10-18(33)12-19)15-22-26(31)36-37-28(22)35-29(42)21-13-24(40-7-5-6-23(40)30(43)44)25(14-20(21)27(34)41)47-9-8-38(3)4/h5-7,10-14H,8-9,15-16H2,1-4H3,(H2,34,41)(H,43,44)(H2,35,36,37,42). The highest BCUT2D eigenvalue weighted by molar-refractivity contribution is 7.89. The minimum Gasteiger partial charge on any atom is -0.490 e. The molecule has 3 heterocycles. The number of rotatable bonds is 11. The van der Waals surface area contributed by atoms with Crippen molar-refractivity contribution in [2.75, 3.05) is 39.1 Å². The number of amides is 2. The van der Waals surface area contributed by atoms with E-state index < -0.39 is 49.8 Å². The fourth-order valence-corrected chi connectivity index (χ4v) is 7.09. The number of aromatic amines is 1. The molecule has 1 aliphatic rings. The predicted molar refractivity (Wildman–Crippen MR) is 169 cm³/mol. The van der Waals surface area contributed by atoms with E-state index in [-0.39, 0.29) is 59.3 Å². The Hall–Kier alpha value is -5.13. The number of benzene rings is 2. The van der Waals surface area contributed by atoms with Crippen molar-refractivity contribution < 1.29 is 41.4 Å². The van der Waals surface area contributed by atoms with Gasteiger partial charge in [0.1, 0.15) is 29.7 Å². The smallest absolute Gasteiger partial charge is 0.352 e. The molecule has 0 saturated heterocycles. The summed E-state index contributed by atoms with van der Waals surface area (Å²) in [6.07, 6.45) is 1.45. The molecule has 2 amide bonds. The van der Waals surface area contributed by atoms with Crippen LogP contribution in [0.1, 0.15) is 56.3 Å². The lowest BCUT2D eigenvalue weighted by atomic mass is 9.84. The molecule has 0 fully saturated rings. The fourth-order valence-electron chi connectivity index (χ4n) is 5.47. The highest BCUT2D eigenvalue weighted by atomic mass is 32.2. The third-order valence-corrected chi connectivity index (χ3v) is 9.56. The number of carbonyl (C=O) groups excluding carboxylic acids is 2. The van der Waals surface area contributed by atoms with Gasteiger partial charge in [0.05, 0.1) is 21.7 Å². The van der Waals surface area contributed by atoms with E-state index in [1.165, 1.54) is 35.0 Å². The van der Waals surface area contributed by atoms with Crippen LogP contribution >= 0.6 is 0 Å². The Balaban J connectivity index is 1.55. The van der Waals surface area contributed by atoms with E-state index in [0.29, 0.717) is 18.3 Å². The molecule has 0 bridgehead atoms. The van der Waals surface area contributed by atoms with Crippen LogP contribution in [0.25, 0.3) is 5.69 Å². The van der Waals surface area contributed by atoms with E-state index in [1.54, 1.807) is 13.8 Å². The first-order chi connectivity index (χ1) is 22.5. The third kappa shape index (κ3) is 6.65. The molecule has 1 aliphatic heterocycles. The van der Waals surface area contributed by atoms with E-state index in [1.807, 2.05) is 19.0 Å². The molecular weight excluding hydrogens is 652 g/mol. The lowest BCUT2D eigenvalue weighted by molar-refractivity contribution is 0.0687. The van der Waals surface area contributed by atoms with Crippen LogP contribution in [0.2, 0.25) is 0 Å². The van der Waals surface area contributed by atoms with E-state index in [0.717, 1.165) is 16.4 Å². The number of H-pyrrole nitrogens is 1. The topological polar surface area (TPSA) is 193 Å². The van der Waals surface area contributed by atoms with Crippen molar-refractivity contribution in [3.63, 3.8) is 0 Å². The molecule has 0 radical (unpaired) electrons. The average molecular weight is 686 g/mol. The molecule has 4 aromatic rings. The molecule has 48 heavy (non-hydrogen) atoms. The van der Waals surface area contributed by atoms with Gasteiger partial charge in [0.25, 0.3) is 5.91 Å². The van der Waals surface area contributed by atoms with Gasteiger partial charge < -0.3 is 30.4 Å². The summed E-state index contributed by atoms with van der Waals surface area (Å²) in [5, 5.41) is 19.4. The van der Waals surface area contributed by atoms with Crippen LogP contribution in [0.3, 0.4) is 0 Å². The maximum atomic E-state index is 14.0. The number of halogens is 2. The number of fused-ring (bicyclic) bond motifs is 1. The van der Waals surface area contributed by atoms with Gasteiger partial charge in [-0.05, 0) is 50.5 Å². The summed E-state index contributed by atoms with van der Waals surface area (Å²) in [5.74, 6) is -5.19. The maximum Gasteiger partial charge on any atom is 0.352 e. The zero-order chi connectivity index (χ0) is 35.1. The predicted octanol–water partition coefficient (Wildman–Crippen LogP) is 2.95. The molecule has 2 aromatic heterocycles. The van der Waals surface area contributed by atoms with E-state index >= 15 is 0 Å². The largest absolute Gasteiger partial charge is 0.490 e. The molecule has 254 valence electrons. The van der Waals surface area contributed by atoms with Crippen LogP contribution < -0.4 is 15.8 Å². The molecule has 0 atom stereocenters. The Morgan fingerprint density at radius 1 is 1.12 bits per heavy atom. The Morgan fingerprint density at radius 2 is 1.81 bits per heavy atom. The summed E-state index contributed by atoms with van der Waals surface area (Å²) in [7, 11) is -0.753. The number of carboxylic acid groups (broad SMARTS) is 1. The summed E-state index contributed by atoms with van der Waals surface area (Å²) in [5.41, 5.74) is 5.09.